The molecule has 0 N–H and O–H groups in total. The van der Waals surface area contributed by atoms with E-state index in [1.54, 1.807) is 0 Å². The lowest BCUT2D eigenvalue weighted by Crippen LogP contribution is -2.39. The summed E-state index contributed by atoms with van der Waals surface area (Å²) in [4.78, 5) is 17.5. The summed E-state index contributed by atoms with van der Waals surface area (Å²) in [5.41, 5.74) is 3.10. The van der Waals surface area contributed by atoms with Crippen molar-refractivity contribution >= 4 is 16.8 Å². The second-order valence-corrected chi connectivity index (χ2v) is 8.39. The molecule has 5 heteroatoms. The minimum Gasteiger partial charge on any atom is -0.317 e. The van der Waals surface area contributed by atoms with Gasteiger partial charge in [0.15, 0.2) is 0 Å². The van der Waals surface area contributed by atoms with Crippen molar-refractivity contribution in [1.82, 2.24) is 14.4 Å². The monoisotopic (exact) mass is 391 g/mol. The van der Waals surface area contributed by atoms with Gasteiger partial charge in [-0.15, -0.1) is 0 Å². The van der Waals surface area contributed by atoms with Gasteiger partial charge >= 0.3 is 0 Å². The lowest BCUT2D eigenvalue weighted by molar-refractivity contribution is 0.0626. The van der Waals surface area contributed by atoms with Crippen molar-refractivity contribution in [3.63, 3.8) is 0 Å². The van der Waals surface area contributed by atoms with Gasteiger partial charge in [0, 0.05) is 18.5 Å². The van der Waals surface area contributed by atoms with E-state index >= 15 is 0 Å². The molecule has 2 aliphatic rings. The zero-order valence-corrected chi connectivity index (χ0v) is 16.7. The van der Waals surface area contributed by atoms with Crippen LogP contribution in [0.15, 0.2) is 54.6 Å². The Morgan fingerprint density at radius 1 is 1.03 bits per heavy atom. The fourth-order valence-corrected chi connectivity index (χ4v) is 4.89. The van der Waals surface area contributed by atoms with Crippen molar-refractivity contribution in [2.75, 3.05) is 19.6 Å². The molecule has 1 atom stereocenters. The molecule has 3 aromatic rings. The third-order valence-corrected chi connectivity index (χ3v) is 6.53. The predicted octanol–water partition coefficient (Wildman–Crippen LogP) is 4.67. The molecule has 0 spiro atoms. The van der Waals surface area contributed by atoms with Crippen molar-refractivity contribution in [1.29, 1.82) is 0 Å². The van der Waals surface area contributed by atoms with Crippen LogP contribution in [0, 0.1) is 11.7 Å². The van der Waals surface area contributed by atoms with E-state index in [2.05, 4.69) is 28.5 Å². The van der Waals surface area contributed by atoms with Crippen LogP contribution in [0.3, 0.4) is 0 Å². The normalized spacial score (nSPS) is 20.6. The van der Waals surface area contributed by atoms with E-state index in [4.69, 9.17) is 0 Å². The number of likely N-dealkylation sites (tertiary alicyclic amines) is 1. The van der Waals surface area contributed by atoms with E-state index in [-0.39, 0.29) is 17.9 Å². The number of carbonyl (C=O) groups excluding carboxylic acids is 1. The molecular formula is C24H26FN3O. The summed E-state index contributed by atoms with van der Waals surface area (Å²) in [5.74, 6) is 0.499. The number of piperidine rings is 1. The van der Waals surface area contributed by atoms with Crippen LogP contribution in [0.5, 0.6) is 0 Å². The highest BCUT2D eigenvalue weighted by Crippen LogP contribution is 2.35. The first kappa shape index (κ1) is 18.4. The van der Waals surface area contributed by atoms with Gasteiger partial charge in [0.25, 0.3) is 5.91 Å². The molecule has 2 aliphatic heterocycles. The highest BCUT2D eigenvalue weighted by Gasteiger charge is 2.36. The second kappa shape index (κ2) is 7.30. The summed E-state index contributed by atoms with van der Waals surface area (Å²) in [6.07, 6.45) is 2.25. The van der Waals surface area contributed by atoms with Crippen LogP contribution in [-0.4, -0.2) is 39.9 Å². The average Bonchev–Trinajstić information content (AvgIpc) is 3.23. The Hall–Kier alpha value is -2.66. The molecule has 1 amide bonds. The smallest absolute Gasteiger partial charge is 0.272 e. The summed E-state index contributed by atoms with van der Waals surface area (Å²) in [7, 11) is 0. The number of carbonyl (C=O) groups is 1. The summed E-state index contributed by atoms with van der Waals surface area (Å²) in [6, 6.07) is 17.0. The second-order valence-electron chi connectivity index (χ2n) is 8.39. The highest BCUT2D eigenvalue weighted by molar-refractivity contribution is 6.01. The van der Waals surface area contributed by atoms with Gasteiger partial charge < -0.3 is 9.47 Å². The van der Waals surface area contributed by atoms with E-state index in [1.807, 2.05) is 35.2 Å². The maximum absolute atomic E-state index is 13.1. The number of aromatic nitrogens is 1. The molecule has 1 fully saturated rings. The minimum absolute atomic E-state index is 0.0645. The number of fused-ring (bicyclic) bond motifs is 3. The number of halogens is 1. The Kier molecular flexibility index (Phi) is 4.63. The van der Waals surface area contributed by atoms with Gasteiger partial charge in [-0.3, -0.25) is 9.69 Å². The Morgan fingerprint density at radius 2 is 1.76 bits per heavy atom. The van der Waals surface area contributed by atoms with Crippen LogP contribution in [0.2, 0.25) is 0 Å². The van der Waals surface area contributed by atoms with Gasteiger partial charge in [0.1, 0.15) is 17.7 Å². The molecule has 1 saturated heterocycles. The SMILES string of the molecule is CC1N(CC2CCN(Cc3ccc(F)cc3)CC2)C(=O)c2cc3ccccc3n21. The average molecular weight is 391 g/mol. The lowest BCUT2D eigenvalue weighted by Gasteiger charge is -2.35. The summed E-state index contributed by atoms with van der Waals surface area (Å²) in [6.45, 7) is 5.86. The Bertz CT molecular complexity index is 1030. The first-order valence-corrected chi connectivity index (χ1v) is 10.5. The first-order valence-electron chi connectivity index (χ1n) is 10.5. The number of para-hydroxylation sites is 1. The summed E-state index contributed by atoms with van der Waals surface area (Å²) >= 11 is 0. The largest absolute Gasteiger partial charge is 0.317 e. The standard InChI is InChI=1S/C24H26FN3O/c1-17-27(24(29)23-14-20-4-2-3-5-22(20)28(17)23)16-19-10-12-26(13-11-19)15-18-6-8-21(25)9-7-18/h2-9,14,17,19H,10-13,15-16H2,1H3. The van der Waals surface area contributed by atoms with Crippen molar-refractivity contribution in [3.8, 4) is 0 Å². The molecule has 1 aromatic heterocycles. The topological polar surface area (TPSA) is 28.5 Å². The molecule has 0 bridgehead atoms. The van der Waals surface area contributed by atoms with Gasteiger partial charge in [0.05, 0.1) is 5.52 Å². The first-order chi connectivity index (χ1) is 14.1. The zero-order chi connectivity index (χ0) is 20.0. The summed E-state index contributed by atoms with van der Waals surface area (Å²) in [5, 5.41) is 1.14. The van der Waals surface area contributed by atoms with Crippen molar-refractivity contribution in [2.45, 2.75) is 32.5 Å². The van der Waals surface area contributed by atoms with Crippen LogP contribution in [0.25, 0.3) is 10.9 Å². The predicted molar refractivity (Wildman–Crippen MR) is 112 cm³/mol. The molecule has 3 heterocycles. The van der Waals surface area contributed by atoms with Crippen molar-refractivity contribution in [2.24, 2.45) is 5.92 Å². The number of nitrogens with zero attached hydrogens (tertiary/aromatic N) is 3. The summed E-state index contributed by atoms with van der Waals surface area (Å²) < 4.78 is 15.3. The zero-order valence-electron chi connectivity index (χ0n) is 16.7. The minimum atomic E-state index is -0.185. The Balaban J connectivity index is 1.21. The highest BCUT2D eigenvalue weighted by atomic mass is 19.1. The van der Waals surface area contributed by atoms with Gasteiger partial charge in [-0.2, -0.15) is 0 Å². The molecule has 4 nitrogen and oxygen atoms in total. The van der Waals surface area contributed by atoms with Crippen LogP contribution < -0.4 is 0 Å². The van der Waals surface area contributed by atoms with Crippen LogP contribution in [-0.2, 0) is 6.54 Å². The van der Waals surface area contributed by atoms with Gasteiger partial charge in [0.2, 0.25) is 0 Å². The maximum atomic E-state index is 13.1. The molecule has 150 valence electrons. The number of rotatable bonds is 4. The molecular weight excluding hydrogens is 365 g/mol. The molecule has 5 rings (SSSR count). The Morgan fingerprint density at radius 3 is 2.52 bits per heavy atom. The van der Waals surface area contributed by atoms with Crippen molar-refractivity contribution in [3.05, 3.63) is 71.7 Å². The van der Waals surface area contributed by atoms with Crippen LogP contribution in [0.1, 0.15) is 42.0 Å². The number of hydrogen-bond acceptors (Lipinski definition) is 2. The quantitative estimate of drug-likeness (QED) is 0.647. The molecule has 2 aromatic carbocycles. The van der Waals surface area contributed by atoms with Crippen LogP contribution in [0.4, 0.5) is 4.39 Å². The fraction of sp³-hybridized carbons (Fsp3) is 0.375. The molecule has 0 radical (unpaired) electrons. The van der Waals surface area contributed by atoms with Gasteiger partial charge in [-0.25, -0.2) is 4.39 Å². The molecule has 1 unspecified atom stereocenters. The third-order valence-electron chi connectivity index (χ3n) is 6.53. The molecule has 0 aliphatic carbocycles. The van der Waals surface area contributed by atoms with Crippen LogP contribution >= 0.6 is 0 Å². The number of benzene rings is 2. The van der Waals surface area contributed by atoms with Gasteiger partial charge in [-0.1, -0.05) is 30.3 Å². The van der Waals surface area contributed by atoms with Crippen molar-refractivity contribution < 1.29 is 9.18 Å². The molecule has 0 saturated carbocycles. The van der Waals surface area contributed by atoms with Gasteiger partial charge in [-0.05, 0) is 68.6 Å². The van der Waals surface area contributed by atoms with E-state index in [0.29, 0.717) is 5.92 Å². The number of amides is 1. The van der Waals surface area contributed by atoms with E-state index in [0.717, 1.165) is 61.2 Å². The van der Waals surface area contributed by atoms with E-state index in [9.17, 15) is 9.18 Å². The maximum Gasteiger partial charge on any atom is 0.272 e. The third kappa shape index (κ3) is 3.33. The number of hydrogen-bond donors (Lipinski definition) is 0. The molecule has 29 heavy (non-hydrogen) atoms. The Labute approximate surface area is 170 Å². The fourth-order valence-electron chi connectivity index (χ4n) is 4.89. The van der Waals surface area contributed by atoms with E-state index < -0.39 is 0 Å². The van der Waals surface area contributed by atoms with E-state index in [1.165, 1.54) is 12.1 Å². The lowest BCUT2D eigenvalue weighted by atomic mass is 9.95.